The Morgan fingerprint density at radius 3 is 1.74 bits per heavy atom. The van der Waals surface area contributed by atoms with E-state index >= 15 is 0 Å². The van der Waals surface area contributed by atoms with Gasteiger partial charge >= 0.3 is 12.2 Å². The lowest BCUT2D eigenvalue weighted by Gasteiger charge is -2.28. The monoisotopic (exact) mass is 726 g/mol. The van der Waals surface area contributed by atoms with Crippen LogP contribution in [-0.2, 0) is 31.1 Å². The summed E-state index contributed by atoms with van der Waals surface area (Å²) in [5.74, 6) is 0.622. The normalized spacial score (nSPS) is 14.3. The lowest BCUT2D eigenvalue weighted by molar-refractivity contribution is -0.135. The molecule has 1 saturated carbocycles. The number of nitrogens with zero attached hydrogens (tertiary/aromatic N) is 3. The molecule has 1 aliphatic rings. The Kier molecular flexibility index (Phi) is 12.2. The smallest absolute Gasteiger partial charge is 0.407 e. The minimum Gasteiger partial charge on any atom is -0.453 e. The summed E-state index contributed by atoms with van der Waals surface area (Å²) < 4.78 is 9.42. The van der Waals surface area contributed by atoms with Crippen LogP contribution in [0.5, 0.6) is 0 Å². The van der Waals surface area contributed by atoms with Gasteiger partial charge in [0.1, 0.15) is 23.7 Å². The van der Waals surface area contributed by atoms with E-state index in [4.69, 9.17) is 9.47 Å². The predicted octanol–water partition coefficient (Wildman–Crippen LogP) is 5.74. The molecule has 0 aliphatic heterocycles. The Labute approximate surface area is 309 Å². The van der Waals surface area contributed by atoms with Crippen LogP contribution < -0.4 is 16.0 Å². The van der Waals surface area contributed by atoms with Crippen molar-refractivity contribution in [2.75, 3.05) is 20.8 Å². The third-order valence-electron chi connectivity index (χ3n) is 9.44. The summed E-state index contributed by atoms with van der Waals surface area (Å²) in [6.45, 7) is 10.3. The number of aromatic amines is 2. The van der Waals surface area contributed by atoms with Crippen LogP contribution in [-0.4, -0.2) is 81.7 Å². The minimum atomic E-state index is -0.728. The zero-order valence-electron chi connectivity index (χ0n) is 31.4. The first-order valence-electron chi connectivity index (χ1n) is 18.0. The molecule has 14 heteroatoms. The summed E-state index contributed by atoms with van der Waals surface area (Å²) in [5, 5.41) is 8.39. The molecule has 1 aliphatic carbocycles. The predicted molar refractivity (Wildman–Crippen MR) is 200 cm³/mol. The van der Waals surface area contributed by atoms with Gasteiger partial charge in [-0.3, -0.25) is 9.59 Å². The van der Waals surface area contributed by atoms with Crippen LogP contribution in [0.15, 0.2) is 60.9 Å². The zero-order chi connectivity index (χ0) is 38.3. The molecule has 1 fully saturated rings. The van der Waals surface area contributed by atoms with Gasteiger partial charge in [0, 0.05) is 6.54 Å². The number of carbonyl (C=O) groups is 4. The first-order chi connectivity index (χ1) is 25.4. The van der Waals surface area contributed by atoms with Crippen LogP contribution in [0.25, 0.3) is 33.6 Å². The molecule has 5 rings (SSSR count). The minimum absolute atomic E-state index is 0.120. The molecule has 2 aromatic carbocycles. The number of hydrogen-bond acceptors (Lipinski definition) is 8. The van der Waals surface area contributed by atoms with Crippen molar-refractivity contribution in [3.8, 4) is 33.6 Å². The molecule has 282 valence electrons. The number of H-pyrrole nitrogens is 2. The fourth-order valence-electron chi connectivity index (χ4n) is 6.18. The maximum Gasteiger partial charge on any atom is 0.407 e. The van der Waals surface area contributed by atoms with Gasteiger partial charge in [-0.2, -0.15) is 0 Å². The summed E-state index contributed by atoms with van der Waals surface area (Å²) in [6.07, 6.45) is 4.49. The Morgan fingerprint density at radius 1 is 0.755 bits per heavy atom. The van der Waals surface area contributed by atoms with Gasteiger partial charge in [0.05, 0.1) is 50.1 Å². The first kappa shape index (κ1) is 38.6. The van der Waals surface area contributed by atoms with Crippen molar-refractivity contribution in [3.05, 3.63) is 72.6 Å². The van der Waals surface area contributed by atoms with Crippen molar-refractivity contribution in [2.45, 2.75) is 78.0 Å². The summed E-state index contributed by atoms with van der Waals surface area (Å²) in [4.78, 5) is 67.8. The lowest BCUT2D eigenvalue weighted by Crippen LogP contribution is -2.52. The molecule has 4 aromatic rings. The Hall–Kier alpha value is -5.66. The molecule has 4 amide bonds. The van der Waals surface area contributed by atoms with Crippen molar-refractivity contribution in [2.24, 2.45) is 11.8 Å². The number of nitrogens with one attached hydrogen (secondary N) is 5. The molecule has 2 aromatic heterocycles. The highest BCUT2D eigenvalue weighted by atomic mass is 16.5. The molecular weight excluding hydrogens is 676 g/mol. The van der Waals surface area contributed by atoms with E-state index < -0.39 is 29.8 Å². The largest absolute Gasteiger partial charge is 0.453 e. The topological polar surface area (TPSA) is 183 Å². The number of rotatable bonds is 15. The lowest BCUT2D eigenvalue weighted by atomic mass is 10.0. The first-order valence-corrected chi connectivity index (χ1v) is 18.0. The summed E-state index contributed by atoms with van der Waals surface area (Å²) in [6, 6.07) is 14.9. The zero-order valence-corrected chi connectivity index (χ0v) is 31.4. The number of ether oxygens (including phenoxy) is 2. The average molecular weight is 727 g/mol. The van der Waals surface area contributed by atoms with E-state index in [1.54, 1.807) is 17.3 Å². The fraction of sp³-hybridized carbons (Fsp3) is 0.436. The Morgan fingerprint density at radius 2 is 1.25 bits per heavy atom. The van der Waals surface area contributed by atoms with Crippen molar-refractivity contribution in [1.82, 2.24) is 40.8 Å². The van der Waals surface area contributed by atoms with E-state index in [1.807, 2.05) is 58.9 Å². The molecule has 0 saturated heterocycles. The Bertz CT molecular complexity index is 1880. The second-order valence-corrected chi connectivity index (χ2v) is 14.1. The van der Waals surface area contributed by atoms with E-state index in [9.17, 15) is 19.2 Å². The van der Waals surface area contributed by atoms with E-state index in [0.717, 1.165) is 52.9 Å². The highest BCUT2D eigenvalue weighted by Crippen LogP contribution is 2.44. The summed E-state index contributed by atoms with van der Waals surface area (Å²) in [7, 11) is 2.55. The molecule has 0 spiro atoms. The van der Waals surface area contributed by atoms with Gasteiger partial charge in [0.25, 0.3) is 0 Å². The molecule has 0 unspecified atom stereocenters. The van der Waals surface area contributed by atoms with Gasteiger partial charge in [-0.1, -0.05) is 83.1 Å². The summed E-state index contributed by atoms with van der Waals surface area (Å²) in [5.41, 5.74) is 5.08. The van der Waals surface area contributed by atoms with Crippen LogP contribution >= 0.6 is 0 Å². The maximum atomic E-state index is 13.4. The van der Waals surface area contributed by atoms with Crippen LogP contribution in [0.2, 0.25) is 0 Å². The van der Waals surface area contributed by atoms with E-state index in [2.05, 4.69) is 60.2 Å². The molecular formula is C39H50N8O6. The van der Waals surface area contributed by atoms with Gasteiger partial charge in [0.15, 0.2) is 0 Å². The number of imidazole rings is 2. The highest BCUT2D eigenvalue weighted by molar-refractivity contribution is 5.87. The van der Waals surface area contributed by atoms with Crippen molar-refractivity contribution >= 4 is 24.0 Å². The number of alkyl carbamates (subject to hydrolysis) is 2. The van der Waals surface area contributed by atoms with Gasteiger partial charge in [-0.15, -0.1) is 0 Å². The standard InChI is InChI=1S/C39H50N8O6/c1-8-19-47(35(49)33(24(4)5)45-38(51)53-7)22-31-40-20-29(42-31)27-13-9-25(10-14-27)26-11-15-28(16-12-26)30-21-41-36(43-30)39(17-18-39)46-34(48)32(23(2)3)44-37(50)52-6/h9-16,20-21,23-24,32-33H,8,17-19,22H2,1-7H3,(H,40,42)(H,41,43)(H,44,50)(H,45,51)(H,46,48)/t32-,33-/m0/s1. The van der Waals surface area contributed by atoms with Crippen LogP contribution in [0.3, 0.4) is 0 Å². The molecule has 2 atom stereocenters. The molecule has 0 bridgehead atoms. The molecule has 14 nitrogen and oxygen atoms in total. The fourth-order valence-corrected chi connectivity index (χ4v) is 6.18. The maximum absolute atomic E-state index is 13.4. The summed E-state index contributed by atoms with van der Waals surface area (Å²) >= 11 is 0. The van der Waals surface area contributed by atoms with Crippen molar-refractivity contribution < 1.29 is 28.7 Å². The van der Waals surface area contributed by atoms with Gasteiger partial charge in [-0.25, -0.2) is 19.6 Å². The SMILES string of the molecule is CCCN(Cc1ncc(-c2ccc(-c3ccc(-c4cnc(C5(NC(=O)[C@@H](NC(=O)OC)C(C)C)CC5)[nH]4)cc3)cc2)[nH]1)C(=O)[C@@H](NC(=O)OC)C(C)C. The number of benzene rings is 2. The molecule has 2 heterocycles. The number of methoxy groups -OCH3 is 2. The third kappa shape index (κ3) is 9.23. The second kappa shape index (κ2) is 16.8. The highest BCUT2D eigenvalue weighted by Gasteiger charge is 2.49. The van der Waals surface area contributed by atoms with Crippen molar-refractivity contribution in [3.63, 3.8) is 0 Å². The molecule has 53 heavy (non-hydrogen) atoms. The number of amides is 4. The third-order valence-corrected chi connectivity index (χ3v) is 9.44. The number of hydrogen-bond donors (Lipinski definition) is 5. The van der Waals surface area contributed by atoms with Gasteiger partial charge in [-0.05, 0) is 53.4 Å². The number of aromatic nitrogens is 4. The number of carbonyl (C=O) groups excluding carboxylic acids is 4. The van der Waals surface area contributed by atoms with E-state index in [1.165, 1.54) is 14.2 Å². The molecule has 0 radical (unpaired) electrons. The van der Waals surface area contributed by atoms with Crippen LogP contribution in [0, 0.1) is 11.8 Å². The van der Waals surface area contributed by atoms with Crippen LogP contribution in [0.1, 0.15) is 65.5 Å². The Balaban J connectivity index is 1.22. The van der Waals surface area contributed by atoms with Gasteiger partial charge < -0.3 is 40.3 Å². The average Bonchev–Trinajstić information content (AvgIpc) is 3.51. The van der Waals surface area contributed by atoms with E-state index in [-0.39, 0.29) is 30.2 Å². The quantitative estimate of drug-likeness (QED) is 0.103. The second-order valence-electron chi connectivity index (χ2n) is 14.1. The molecule has 5 N–H and O–H groups in total. The van der Waals surface area contributed by atoms with E-state index in [0.29, 0.717) is 18.2 Å². The van der Waals surface area contributed by atoms with Gasteiger partial charge in [0.2, 0.25) is 11.8 Å². The van der Waals surface area contributed by atoms with Crippen LogP contribution in [0.4, 0.5) is 9.59 Å². The van der Waals surface area contributed by atoms with Crippen molar-refractivity contribution in [1.29, 1.82) is 0 Å².